The van der Waals surface area contributed by atoms with Gasteiger partial charge in [-0.1, -0.05) is 71.4 Å². The molecule has 2 heterocycles. The first-order valence-corrected chi connectivity index (χ1v) is 12.6. The van der Waals surface area contributed by atoms with E-state index in [1.165, 1.54) is 11.8 Å². The van der Waals surface area contributed by atoms with Crippen LogP contribution in [0.4, 0.5) is 5.69 Å². The number of carbonyl (C=O) groups excluding carboxylic acids is 1. The number of halogens is 2. The van der Waals surface area contributed by atoms with Crippen molar-refractivity contribution in [1.29, 1.82) is 0 Å². The van der Waals surface area contributed by atoms with Gasteiger partial charge in [-0.05, 0) is 61.4 Å². The number of amides is 1. The maximum atomic E-state index is 12.8. The predicted molar refractivity (Wildman–Crippen MR) is 145 cm³/mol. The van der Waals surface area contributed by atoms with Crippen molar-refractivity contribution in [1.82, 2.24) is 9.88 Å². The number of carbonyl (C=O) groups is 1. The second kappa shape index (κ2) is 9.41. The van der Waals surface area contributed by atoms with Crippen molar-refractivity contribution in [3.63, 3.8) is 0 Å². The fourth-order valence-corrected chi connectivity index (χ4v) is 5.65. The SMILES string of the molecule is Cc1cc(Cl)ccc1NC1NC(=O)/C(=C/c2c(C)n(Cc3ccccc3Cl)c3ccccc23)S1. The first kappa shape index (κ1) is 22.9. The van der Waals surface area contributed by atoms with Gasteiger partial charge in [-0.25, -0.2) is 0 Å². The standard InChI is InChI=1S/C27H23Cl2N3OS/c1-16-13-19(28)11-12-23(16)30-27-31-26(33)25(34-27)14-21-17(2)32(24-10-6-4-8-20(21)24)15-18-7-3-5-9-22(18)29/h3-14,27,30H,15H2,1-2H3,(H,31,33)/b25-14-. The molecule has 0 saturated carbocycles. The summed E-state index contributed by atoms with van der Waals surface area (Å²) in [6.07, 6.45) is 2.00. The number of aromatic nitrogens is 1. The summed E-state index contributed by atoms with van der Waals surface area (Å²) < 4.78 is 2.26. The molecule has 1 aromatic heterocycles. The molecule has 3 aromatic carbocycles. The zero-order chi connectivity index (χ0) is 23.8. The van der Waals surface area contributed by atoms with Crippen LogP contribution >= 0.6 is 35.0 Å². The Morgan fingerprint density at radius 3 is 2.62 bits per heavy atom. The second-order valence-electron chi connectivity index (χ2n) is 8.28. The third-order valence-corrected chi connectivity index (χ3v) is 7.68. The topological polar surface area (TPSA) is 46.1 Å². The van der Waals surface area contributed by atoms with E-state index in [1.807, 2.05) is 67.6 Å². The minimum Gasteiger partial charge on any atom is -0.356 e. The molecule has 1 atom stereocenters. The van der Waals surface area contributed by atoms with Gasteiger partial charge in [-0.3, -0.25) is 4.79 Å². The molecule has 1 fully saturated rings. The molecule has 5 rings (SSSR count). The lowest BCUT2D eigenvalue weighted by Gasteiger charge is -2.15. The molecule has 1 aliphatic rings. The third kappa shape index (κ3) is 4.43. The highest BCUT2D eigenvalue weighted by Gasteiger charge is 2.28. The number of rotatable bonds is 5. The highest BCUT2D eigenvalue weighted by atomic mass is 35.5. The summed E-state index contributed by atoms with van der Waals surface area (Å²) in [4.78, 5) is 13.5. The molecule has 1 amide bonds. The van der Waals surface area contributed by atoms with E-state index in [-0.39, 0.29) is 11.4 Å². The van der Waals surface area contributed by atoms with E-state index >= 15 is 0 Å². The first-order valence-electron chi connectivity index (χ1n) is 10.9. The average Bonchev–Trinajstić information content (AvgIpc) is 3.29. The molecule has 1 saturated heterocycles. The highest BCUT2D eigenvalue weighted by molar-refractivity contribution is 8.05. The molecule has 4 aromatic rings. The van der Waals surface area contributed by atoms with Gasteiger partial charge in [0.15, 0.2) is 5.50 Å². The zero-order valence-electron chi connectivity index (χ0n) is 18.7. The summed E-state index contributed by atoms with van der Waals surface area (Å²) in [6, 6.07) is 21.8. The Bertz CT molecular complexity index is 1440. The van der Waals surface area contributed by atoms with Crippen molar-refractivity contribution >= 4 is 63.5 Å². The quantitative estimate of drug-likeness (QED) is 0.280. The Balaban J connectivity index is 1.47. The molecule has 0 spiro atoms. The largest absolute Gasteiger partial charge is 0.356 e. The molecule has 34 heavy (non-hydrogen) atoms. The van der Waals surface area contributed by atoms with Gasteiger partial charge in [0, 0.05) is 44.4 Å². The maximum Gasteiger partial charge on any atom is 0.260 e. The number of para-hydroxylation sites is 1. The molecule has 7 heteroatoms. The van der Waals surface area contributed by atoms with Crippen LogP contribution in [-0.4, -0.2) is 16.0 Å². The van der Waals surface area contributed by atoms with Crippen molar-refractivity contribution in [2.75, 3.05) is 5.32 Å². The fraction of sp³-hybridized carbons (Fsp3) is 0.148. The highest BCUT2D eigenvalue weighted by Crippen LogP contribution is 2.35. The molecular formula is C27H23Cl2N3OS. The smallest absolute Gasteiger partial charge is 0.260 e. The van der Waals surface area contributed by atoms with Gasteiger partial charge in [0.1, 0.15) is 0 Å². The Morgan fingerprint density at radius 2 is 1.82 bits per heavy atom. The van der Waals surface area contributed by atoms with Crippen LogP contribution in [0.3, 0.4) is 0 Å². The number of hydrogen-bond donors (Lipinski definition) is 2. The van der Waals surface area contributed by atoms with E-state index in [0.29, 0.717) is 16.5 Å². The van der Waals surface area contributed by atoms with Crippen molar-refractivity contribution in [3.8, 4) is 0 Å². The number of fused-ring (bicyclic) bond motifs is 1. The molecule has 4 nitrogen and oxygen atoms in total. The number of nitrogens with one attached hydrogen (secondary N) is 2. The average molecular weight is 508 g/mol. The van der Waals surface area contributed by atoms with Gasteiger partial charge in [0.25, 0.3) is 5.91 Å². The summed E-state index contributed by atoms with van der Waals surface area (Å²) in [5.74, 6) is -0.0866. The van der Waals surface area contributed by atoms with Gasteiger partial charge in [-0.15, -0.1) is 0 Å². The molecule has 0 radical (unpaired) electrons. The third-order valence-electron chi connectivity index (χ3n) is 6.05. The van der Waals surface area contributed by atoms with E-state index in [4.69, 9.17) is 23.2 Å². The van der Waals surface area contributed by atoms with Crippen LogP contribution in [0.15, 0.2) is 71.6 Å². The van der Waals surface area contributed by atoms with Crippen LogP contribution in [0.2, 0.25) is 10.0 Å². The molecular weight excluding hydrogens is 485 g/mol. The molecule has 2 N–H and O–H groups in total. The lowest BCUT2D eigenvalue weighted by Crippen LogP contribution is -2.31. The number of aryl methyl sites for hydroxylation is 1. The van der Waals surface area contributed by atoms with Gasteiger partial charge < -0.3 is 15.2 Å². The van der Waals surface area contributed by atoms with Crippen molar-refractivity contribution < 1.29 is 4.79 Å². The summed E-state index contributed by atoms with van der Waals surface area (Å²) in [5, 5.41) is 8.96. The fourth-order valence-electron chi connectivity index (χ4n) is 4.27. The maximum absolute atomic E-state index is 12.8. The van der Waals surface area contributed by atoms with E-state index in [2.05, 4.69) is 34.3 Å². The molecule has 0 aliphatic carbocycles. The van der Waals surface area contributed by atoms with Crippen LogP contribution in [0, 0.1) is 13.8 Å². The number of anilines is 1. The van der Waals surface area contributed by atoms with E-state index in [0.717, 1.165) is 44.0 Å². The predicted octanol–water partition coefficient (Wildman–Crippen LogP) is 7.21. The van der Waals surface area contributed by atoms with Crippen LogP contribution in [0.25, 0.3) is 17.0 Å². The lowest BCUT2D eigenvalue weighted by molar-refractivity contribution is -0.116. The first-order chi connectivity index (χ1) is 16.4. The second-order valence-corrected chi connectivity index (χ2v) is 10.3. The van der Waals surface area contributed by atoms with Crippen LogP contribution < -0.4 is 10.6 Å². The number of benzene rings is 3. The monoisotopic (exact) mass is 507 g/mol. The minimum atomic E-state index is -0.254. The summed E-state index contributed by atoms with van der Waals surface area (Å²) >= 11 is 14.0. The number of thioether (sulfide) groups is 1. The molecule has 0 bridgehead atoms. The van der Waals surface area contributed by atoms with Crippen molar-refractivity contribution in [2.45, 2.75) is 25.9 Å². The van der Waals surface area contributed by atoms with E-state index in [1.54, 1.807) is 0 Å². The van der Waals surface area contributed by atoms with E-state index < -0.39 is 0 Å². The molecule has 1 aliphatic heterocycles. The van der Waals surface area contributed by atoms with Crippen molar-refractivity contribution in [3.05, 3.63) is 104 Å². The lowest BCUT2D eigenvalue weighted by atomic mass is 10.1. The van der Waals surface area contributed by atoms with Crippen molar-refractivity contribution in [2.24, 2.45) is 0 Å². The van der Waals surface area contributed by atoms with Crippen LogP contribution in [-0.2, 0) is 11.3 Å². The summed E-state index contributed by atoms with van der Waals surface area (Å²) in [5.41, 5.74) is 6.02. The molecule has 172 valence electrons. The van der Waals surface area contributed by atoms with Crippen LogP contribution in [0.1, 0.15) is 22.4 Å². The Morgan fingerprint density at radius 1 is 1.06 bits per heavy atom. The molecule has 1 unspecified atom stereocenters. The Hall–Kier alpha value is -2.86. The summed E-state index contributed by atoms with van der Waals surface area (Å²) in [7, 11) is 0. The van der Waals surface area contributed by atoms with Crippen LogP contribution in [0.5, 0.6) is 0 Å². The Labute approximate surface area is 212 Å². The van der Waals surface area contributed by atoms with Gasteiger partial charge in [-0.2, -0.15) is 0 Å². The van der Waals surface area contributed by atoms with Gasteiger partial charge in [0.05, 0.1) is 4.91 Å². The van der Waals surface area contributed by atoms with Gasteiger partial charge in [0.2, 0.25) is 0 Å². The number of hydrogen-bond acceptors (Lipinski definition) is 3. The minimum absolute atomic E-state index is 0.0866. The van der Waals surface area contributed by atoms with Gasteiger partial charge >= 0.3 is 0 Å². The summed E-state index contributed by atoms with van der Waals surface area (Å²) in [6.45, 7) is 4.74. The number of nitrogens with zero attached hydrogens (tertiary/aromatic N) is 1. The van der Waals surface area contributed by atoms with E-state index in [9.17, 15) is 4.79 Å². The normalized spacial score (nSPS) is 16.9. The Kier molecular flexibility index (Phi) is 6.34. The zero-order valence-corrected chi connectivity index (χ0v) is 21.1.